The maximum absolute atomic E-state index is 9.07. The first-order chi connectivity index (χ1) is 7.50. The molecule has 1 rings (SSSR count). The van der Waals surface area contributed by atoms with Gasteiger partial charge in [0, 0.05) is 14.2 Å². The molecule has 3 heteroatoms. The van der Waals surface area contributed by atoms with Crippen LogP contribution < -0.4 is 5.73 Å². The Bertz CT molecular complexity index is 403. The van der Waals surface area contributed by atoms with Crippen molar-refractivity contribution in [2.45, 2.75) is 19.2 Å². The van der Waals surface area contributed by atoms with E-state index in [-0.39, 0.29) is 23.7 Å². The molecule has 0 aliphatic rings. The number of phenols is 1. The summed E-state index contributed by atoms with van der Waals surface area (Å²) in [5, 5.41) is 9.07. The number of hydrogen-bond donors (Lipinski definition) is 2. The molecule has 0 spiro atoms. The van der Waals surface area contributed by atoms with Crippen LogP contribution in [0, 0.1) is 0 Å². The van der Waals surface area contributed by atoms with E-state index in [1.165, 1.54) is 24.3 Å². The lowest BCUT2D eigenvalue weighted by molar-refractivity contribution is 0.475. The molecule has 0 aromatic heterocycles. The van der Waals surface area contributed by atoms with Crippen LogP contribution in [0.1, 0.15) is 20.6 Å². The largest absolute Gasteiger partial charge is 0.508 e. The molecule has 0 aliphatic heterocycles. The van der Waals surface area contributed by atoms with Gasteiger partial charge in [-0.15, -0.1) is 12.4 Å². The Morgan fingerprint density at radius 3 is 2.75 bits per heavy atom. The number of nitrogens with two attached hydrogens (primary N) is 1. The van der Waals surface area contributed by atoms with Gasteiger partial charge in [0.05, 0.1) is 0 Å². The normalized spacial score (nSPS) is 24.1. The minimum Gasteiger partial charge on any atom is -0.508 e. The third-order valence-electron chi connectivity index (χ3n) is 1.15. The summed E-state index contributed by atoms with van der Waals surface area (Å²) in [5.41, 5.74) is 5.24. The molecule has 1 unspecified atom stereocenters. The average Bonchev–Trinajstić information content (AvgIpc) is 2.16. The van der Waals surface area contributed by atoms with Crippen molar-refractivity contribution in [1.29, 1.82) is 0 Å². The Labute approximate surface area is 87.2 Å². The van der Waals surface area contributed by atoms with E-state index in [4.69, 9.17) is 19.1 Å². The summed E-state index contributed by atoms with van der Waals surface area (Å²) in [5.74, 6) is -0.0777. The van der Waals surface area contributed by atoms with E-state index in [2.05, 4.69) is 0 Å². The fourth-order valence-corrected chi connectivity index (χ4v) is 0.700. The lowest BCUT2D eigenvalue weighted by atomic mass is 10.1. The Morgan fingerprint density at radius 2 is 2.25 bits per heavy atom. The molecule has 0 fully saturated rings. The van der Waals surface area contributed by atoms with Crippen molar-refractivity contribution in [3.8, 4) is 5.75 Å². The van der Waals surface area contributed by atoms with Crippen molar-refractivity contribution >= 4 is 12.4 Å². The molecule has 0 saturated carbocycles. The molecule has 0 saturated heterocycles. The topological polar surface area (TPSA) is 46.2 Å². The third-order valence-corrected chi connectivity index (χ3v) is 1.15. The van der Waals surface area contributed by atoms with Crippen LogP contribution in [-0.2, 0) is 6.37 Å². The summed E-state index contributed by atoms with van der Waals surface area (Å²) in [6.45, 7) is -2.96. The summed E-state index contributed by atoms with van der Waals surface area (Å²) in [7, 11) is 0. The molecule has 3 N–H and O–H groups in total. The van der Waals surface area contributed by atoms with Gasteiger partial charge in [-0.1, -0.05) is 12.1 Å². The van der Waals surface area contributed by atoms with E-state index in [0.717, 1.165) is 0 Å². The number of benzene rings is 1. The van der Waals surface area contributed by atoms with Crippen LogP contribution in [0.3, 0.4) is 0 Å². The quantitative estimate of drug-likeness (QED) is 0.751. The fourth-order valence-electron chi connectivity index (χ4n) is 0.700. The summed E-state index contributed by atoms with van der Waals surface area (Å²) >= 11 is 0. The SMILES string of the molecule is Cl.[2H]C([2H])([2H])C([2H])(N)C([2H])([2H])c1ccc(O)cc1. The number of rotatable bonds is 2. The van der Waals surface area contributed by atoms with Crippen molar-refractivity contribution in [2.75, 3.05) is 0 Å². The average molecular weight is 194 g/mol. The summed E-state index contributed by atoms with van der Waals surface area (Å²) < 4.78 is 44.3. The highest BCUT2D eigenvalue weighted by molar-refractivity contribution is 5.85. The third kappa shape index (κ3) is 3.60. The van der Waals surface area contributed by atoms with Crippen LogP contribution in [0.25, 0.3) is 0 Å². The van der Waals surface area contributed by atoms with E-state index < -0.39 is 19.2 Å². The zero-order chi connectivity index (χ0) is 13.5. The highest BCUT2D eigenvalue weighted by Gasteiger charge is 1.96. The first-order valence-electron chi connectivity index (χ1n) is 6.08. The number of halogens is 1. The molecule has 0 heterocycles. The Kier molecular flexibility index (Phi) is 1.88. The Morgan fingerprint density at radius 1 is 1.67 bits per heavy atom. The summed E-state index contributed by atoms with van der Waals surface area (Å²) in [6.07, 6.45) is -2.56. The molecule has 0 bridgehead atoms. The van der Waals surface area contributed by atoms with Crippen molar-refractivity contribution in [1.82, 2.24) is 0 Å². The molecule has 1 atom stereocenters. The maximum atomic E-state index is 9.07. The van der Waals surface area contributed by atoms with Crippen LogP contribution in [0.2, 0.25) is 0 Å². The monoisotopic (exact) mass is 193 g/mol. The zero-order valence-electron chi connectivity index (χ0n) is 12.2. The molecule has 2 nitrogen and oxygen atoms in total. The lowest BCUT2D eigenvalue weighted by Gasteiger charge is -2.03. The zero-order valence-corrected chi connectivity index (χ0v) is 7.06. The number of hydrogen-bond acceptors (Lipinski definition) is 2. The molecule has 0 radical (unpaired) electrons. The van der Waals surface area contributed by atoms with Crippen LogP contribution in [0.5, 0.6) is 5.75 Å². The van der Waals surface area contributed by atoms with Gasteiger partial charge in [-0.05, 0) is 30.9 Å². The van der Waals surface area contributed by atoms with Gasteiger partial charge in [0.25, 0.3) is 0 Å². The van der Waals surface area contributed by atoms with Crippen molar-refractivity contribution in [3.05, 3.63) is 29.8 Å². The van der Waals surface area contributed by atoms with Gasteiger partial charge < -0.3 is 10.8 Å². The minimum atomic E-state index is -2.96. The fraction of sp³-hybridized carbons (Fsp3) is 0.333. The molecular weight excluding hydrogens is 174 g/mol. The second-order valence-electron chi connectivity index (χ2n) is 2.09. The standard InChI is InChI=1S/C9H13NO.ClH/c1-7(10)6-8-2-4-9(11)5-3-8;/h2-5,7,11H,6,10H2,1H3;1H/i1D3,6D2,7D;. The predicted octanol–water partition coefficient (Wildman–Crippen LogP) is 1.70. The van der Waals surface area contributed by atoms with Crippen molar-refractivity contribution in [3.63, 3.8) is 0 Å². The first-order valence-corrected chi connectivity index (χ1v) is 3.08. The molecule has 1 aromatic rings. The molecular formula is C9H14ClNO. The van der Waals surface area contributed by atoms with Crippen LogP contribution >= 0.6 is 12.4 Å². The smallest absolute Gasteiger partial charge is 0.115 e. The number of aromatic hydroxyl groups is 1. The van der Waals surface area contributed by atoms with E-state index in [9.17, 15) is 0 Å². The summed E-state index contributed by atoms with van der Waals surface area (Å²) in [6, 6.07) is 2.07. The van der Waals surface area contributed by atoms with Gasteiger partial charge in [0.15, 0.2) is 0 Å². The lowest BCUT2D eigenvalue weighted by Crippen LogP contribution is -2.17. The van der Waals surface area contributed by atoms with Crippen LogP contribution in [0.15, 0.2) is 24.3 Å². The second-order valence-corrected chi connectivity index (χ2v) is 2.09. The molecule has 0 amide bonds. The molecule has 1 aromatic carbocycles. The van der Waals surface area contributed by atoms with Crippen molar-refractivity contribution in [2.24, 2.45) is 5.73 Å². The van der Waals surface area contributed by atoms with Crippen LogP contribution in [-0.4, -0.2) is 11.1 Å². The second kappa shape index (κ2) is 5.01. The summed E-state index contributed by atoms with van der Waals surface area (Å²) in [4.78, 5) is 0. The van der Waals surface area contributed by atoms with E-state index in [0.29, 0.717) is 0 Å². The van der Waals surface area contributed by atoms with Gasteiger partial charge in [-0.2, -0.15) is 0 Å². The first kappa shape index (κ1) is 4.49. The Hall–Kier alpha value is -0.730. The van der Waals surface area contributed by atoms with Crippen LogP contribution in [0.4, 0.5) is 0 Å². The molecule has 68 valence electrons. The predicted molar refractivity (Wildman–Crippen MR) is 52.7 cm³/mol. The van der Waals surface area contributed by atoms with Gasteiger partial charge in [0.2, 0.25) is 0 Å². The van der Waals surface area contributed by atoms with Gasteiger partial charge >= 0.3 is 0 Å². The van der Waals surface area contributed by atoms with Crippen molar-refractivity contribution < 1.29 is 13.3 Å². The van der Waals surface area contributed by atoms with E-state index >= 15 is 0 Å². The Balaban J connectivity index is 0.00000289. The minimum absolute atomic E-state index is 0. The van der Waals surface area contributed by atoms with Gasteiger partial charge in [0.1, 0.15) is 5.75 Å². The molecule has 0 aliphatic carbocycles. The highest BCUT2D eigenvalue weighted by atomic mass is 35.5. The highest BCUT2D eigenvalue weighted by Crippen LogP contribution is 2.10. The maximum Gasteiger partial charge on any atom is 0.115 e. The van der Waals surface area contributed by atoms with E-state index in [1.807, 2.05) is 0 Å². The van der Waals surface area contributed by atoms with Gasteiger partial charge in [-0.3, -0.25) is 0 Å². The van der Waals surface area contributed by atoms with E-state index in [1.54, 1.807) is 0 Å². The van der Waals surface area contributed by atoms with Gasteiger partial charge in [-0.25, -0.2) is 0 Å². The molecule has 12 heavy (non-hydrogen) atoms. The number of phenolic OH excluding ortho intramolecular Hbond substituents is 1.